The summed E-state index contributed by atoms with van der Waals surface area (Å²) in [5.41, 5.74) is 1.74. The minimum Gasteiger partial charge on any atom is -0.349 e. The Morgan fingerprint density at radius 2 is 2.15 bits per heavy atom. The number of benzene rings is 1. The van der Waals surface area contributed by atoms with Crippen LogP contribution in [0.2, 0.25) is 0 Å². The van der Waals surface area contributed by atoms with Crippen LogP contribution in [0.25, 0.3) is 0 Å². The van der Waals surface area contributed by atoms with Crippen molar-refractivity contribution < 1.29 is 14.4 Å². The molecule has 27 heavy (non-hydrogen) atoms. The summed E-state index contributed by atoms with van der Waals surface area (Å²) in [6, 6.07) is 7.19. The van der Waals surface area contributed by atoms with Gasteiger partial charge in [0.05, 0.1) is 12.1 Å². The monoisotopic (exact) mass is 384 g/mol. The molecule has 3 amide bonds. The van der Waals surface area contributed by atoms with Gasteiger partial charge in [-0.05, 0) is 37.5 Å². The molecule has 0 unspecified atom stereocenters. The van der Waals surface area contributed by atoms with Crippen LogP contribution in [0.1, 0.15) is 41.7 Å². The van der Waals surface area contributed by atoms with Crippen molar-refractivity contribution >= 4 is 39.9 Å². The minimum atomic E-state index is -0.209. The number of nitrogens with zero attached hydrogens (tertiary/aromatic N) is 2. The van der Waals surface area contributed by atoms with E-state index in [1.54, 1.807) is 34.5 Å². The van der Waals surface area contributed by atoms with E-state index >= 15 is 0 Å². The number of aromatic nitrogens is 1. The van der Waals surface area contributed by atoms with Crippen LogP contribution in [-0.2, 0) is 16.0 Å². The van der Waals surface area contributed by atoms with E-state index in [0.29, 0.717) is 35.0 Å². The van der Waals surface area contributed by atoms with Gasteiger partial charge in [0.15, 0.2) is 5.13 Å². The number of carbonyl (C=O) groups is 3. The maximum absolute atomic E-state index is 12.3. The van der Waals surface area contributed by atoms with Crippen molar-refractivity contribution in [2.75, 3.05) is 16.8 Å². The Morgan fingerprint density at radius 1 is 1.30 bits per heavy atom. The van der Waals surface area contributed by atoms with Crippen LogP contribution in [0.15, 0.2) is 29.6 Å². The van der Waals surface area contributed by atoms with Crippen LogP contribution >= 0.6 is 11.3 Å². The van der Waals surface area contributed by atoms with Crippen molar-refractivity contribution in [2.45, 2.75) is 38.1 Å². The molecule has 1 aliphatic heterocycles. The van der Waals surface area contributed by atoms with Crippen molar-refractivity contribution in [3.63, 3.8) is 0 Å². The lowest BCUT2D eigenvalue weighted by atomic mass is 10.2. The molecule has 2 aromatic rings. The average Bonchev–Trinajstić information content (AvgIpc) is 3.16. The second kappa shape index (κ2) is 7.48. The largest absolute Gasteiger partial charge is 0.349 e. The van der Waals surface area contributed by atoms with Crippen molar-refractivity contribution in [2.24, 2.45) is 0 Å². The number of hydrogen-bond acceptors (Lipinski definition) is 5. The Kier molecular flexibility index (Phi) is 4.89. The summed E-state index contributed by atoms with van der Waals surface area (Å²) in [6.45, 7) is 0.688. The molecule has 2 fully saturated rings. The zero-order valence-electron chi connectivity index (χ0n) is 14.7. The highest BCUT2D eigenvalue weighted by molar-refractivity contribution is 7.14. The third-order valence-electron chi connectivity index (χ3n) is 4.51. The molecule has 7 nitrogen and oxygen atoms in total. The van der Waals surface area contributed by atoms with Gasteiger partial charge in [-0.15, -0.1) is 11.3 Å². The lowest BCUT2D eigenvalue weighted by Gasteiger charge is -2.10. The molecule has 4 rings (SSSR count). The van der Waals surface area contributed by atoms with E-state index in [0.717, 1.165) is 19.3 Å². The Hall–Kier alpha value is -2.74. The predicted molar refractivity (Wildman–Crippen MR) is 103 cm³/mol. The summed E-state index contributed by atoms with van der Waals surface area (Å²) in [6.07, 6.45) is 3.58. The average molecular weight is 384 g/mol. The number of carbonyl (C=O) groups excluding carboxylic acids is 3. The fourth-order valence-electron chi connectivity index (χ4n) is 2.96. The maximum atomic E-state index is 12.3. The van der Waals surface area contributed by atoms with Gasteiger partial charge in [-0.25, -0.2) is 4.98 Å². The Morgan fingerprint density at radius 3 is 2.89 bits per heavy atom. The van der Waals surface area contributed by atoms with Gasteiger partial charge < -0.3 is 10.6 Å². The molecular formula is C19H20N4O3S. The maximum Gasteiger partial charge on any atom is 0.251 e. The van der Waals surface area contributed by atoms with E-state index in [-0.39, 0.29) is 30.2 Å². The van der Waals surface area contributed by atoms with E-state index in [4.69, 9.17) is 0 Å². The molecular weight excluding hydrogens is 364 g/mol. The Balaban J connectivity index is 1.36. The van der Waals surface area contributed by atoms with Crippen LogP contribution < -0.4 is 15.5 Å². The summed E-state index contributed by atoms with van der Waals surface area (Å²) in [4.78, 5) is 42.3. The lowest BCUT2D eigenvalue weighted by Crippen LogP contribution is -2.25. The fraction of sp³-hybridized carbons (Fsp3) is 0.368. The first-order chi connectivity index (χ1) is 13.1. The second-order valence-electron chi connectivity index (χ2n) is 6.82. The summed E-state index contributed by atoms with van der Waals surface area (Å²) in [5.74, 6) is -0.242. The normalized spacial score (nSPS) is 16.4. The van der Waals surface area contributed by atoms with Crippen molar-refractivity contribution in [1.29, 1.82) is 0 Å². The van der Waals surface area contributed by atoms with Crippen LogP contribution in [-0.4, -0.2) is 35.3 Å². The van der Waals surface area contributed by atoms with E-state index in [2.05, 4.69) is 15.6 Å². The topological polar surface area (TPSA) is 91.4 Å². The number of nitrogens with one attached hydrogen (secondary N) is 2. The molecule has 0 atom stereocenters. The second-order valence-corrected chi connectivity index (χ2v) is 7.66. The molecule has 2 aliphatic rings. The van der Waals surface area contributed by atoms with Crippen LogP contribution in [0, 0.1) is 0 Å². The molecule has 1 aromatic heterocycles. The summed E-state index contributed by atoms with van der Waals surface area (Å²) in [7, 11) is 0. The molecule has 1 aliphatic carbocycles. The van der Waals surface area contributed by atoms with Gasteiger partial charge in [-0.2, -0.15) is 0 Å². The first kappa shape index (κ1) is 17.7. The minimum absolute atomic E-state index is 0.0849. The molecule has 1 saturated carbocycles. The number of hydrogen-bond donors (Lipinski definition) is 2. The van der Waals surface area contributed by atoms with Crippen molar-refractivity contribution in [3.8, 4) is 0 Å². The smallest absolute Gasteiger partial charge is 0.251 e. The quantitative estimate of drug-likeness (QED) is 0.800. The molecule has 0 bridgehead atoms. The lowest BCUT2D eigenvalue weighted by molar-refractivity contribution is -0.117. The van der Waals surface area contributed by atoms with Gasteiger partial charge in [-0.3, -0.25) is 19.3 Å². The number of thiazole rings is 1. The number of amides is 3. The third kappa shape index (κ3) is 4.33. The van der Waals surface area contributed by atoms with Crippen molar-refractivity contribution in [3.05, 3.63) is 40.9 Å². The zero-order chi connectivity index (χ0) is 18.8. The summed E-state index contributed by atoms with van der Waals surface area (Å²) >= 11 is 1.38. The molecule has 2 N–H and O–H groups in total. The SMILES string of the molecule is O=C(Cc1csc(N2CCCC2=O)n1)Nc1cccc(C(=O)NC2CC2)c1. The van der Waals surface area contributed by atoms with Gasteiger partial charge in [0.2, 0.25) is 11.8 Å². The van der Waals surface area contributed by atoms with Crippen molar-refractivity contribution in [1.82, 2.24) is 10.3 Å². The first-order valence-electron chi connectivity index (χ1n) is 9.04. The van der Waals surface area contributed by atoms with Gasteiger partial charge in [0, 0.05) is 35.6 Å². The molecule has 140 valence electrons. The molecule has 2 heterocycles. The molecule has 0 spiro atoms. The summed E-state index contributed by atoms with van der Waals surface area (Å²) < 4.78 is 0. The van der Waals surface area contributed by atoms with Crippen LogP contribution in [0.4, 0.5) is 10.8 Å². The van der Waals surface area contributed by atoms with Gasteiger partial charge in [-0.1, -0.05) is 6.07 Å². The number of rotatable bonds is 6. The Labute approximate surface area is 160 Å². The molecule has 0 radical (unpaired) electrons. The van der Waals surface area contributed by atoms with Crippen LogP contribution in [0.5, 0.6) is 0 Å². The first-order valence-corrected chi connectivity index (χ1v) is 9.92. The van der Waals surface area contributed by atoms with Gasteiger partial charge >= 0.3 is 0 Å². The third-order valence-corrected chi connectivity index (χ3v) is 5.42. The predicted octanol–water partition coefficient (Wildman–Crippen LogP) is 2.34. The molecule has 1 saturated heterocycles. The van der Waals surface area contributed by atoms with Gasteiger partial charge in [0.25, 0.3) is 5.91 Å². The highest BCUT2D eigenvalue weighted by atomic mass is 32.1. The zero-order valence-corrected chi connectivity index (χ0v) is 15.6. The standard InChI is InChI=1S/C19H20N4O3S/c24-16(10-15-11-27-19(22-15)23-8-2-5-17(23)25)20-14-4-1-3-12(9-14)18(26)21-13-6-7-13/h1,3-4,9,11,13H,2,5-8,10H2,(H,20,24)(H,21,26). The van der Waals surface area contributed by atoms with E-state index < -0.39 is 0 Å². The molecule has 1 aromatic carbocycles. The van der Waals surface area contributed by atoms with E-state index in [1.807, 2.05) is 0 Å². The highest BCUT2D eigenvalue weighted by Crippen LogP contribution is 2.25. The van der Waals surface area contributed by atoms with Gasteiger partial charge in [0.1, 0.15) is 0 Å². The van der Waals surface area contributed by atoms with E-state index in [1.165, 1.54) is 11.3 Å². The molecule has 8 heteroatoms. The number of anilines is 2. The Bertz CT molecular complexity index is 891. The summed E-state index contributed by atoms with van der Waals surface area (Å²) in [5, 5.41) is 8.20. The van der Waals surface area contributed by atoms with E-state index in [9.17, 15) is 14.4 Å². The van der Waals surface area contributed by atoms with Crippen LogP contribution in [0.3, 0.4) is 0 Å². The fourth-order valence-corrected chi connectivity index (χ4v) is 3.82. The highest BCUT2D eigenvalue weighted by Gasteiger charge is 2.25.